The van der Waals surface area contributed by atoms with Crippen molar-refractivity contribution in [2.24, 2.45) is 5.92 Å². The summed E-state index contributed by atoms with van der Waals surface area (Å²) in [6.07, 6.45) is 6.84. The number of hydrogen-bond donors (Lipinski definition) is 1. The Morgan fingerprint density at radius 2 is 1.90 bits per heavy atom. The first-order valence-corrected chi connectivity index (χ1v) is 10.7. The van der Waals surface area contributed by atoms with Crippen molar-refractivity contribution in [3.8, 4) is 0 Å². The molecule has 2 fully saturated rings. The largest absolute Gasteiger partial charge is 0.435 e. The van der Waals surface area contributed by atoms with E-state index in [9.17, 15) is 9.59 Å². The van der Waals surface area contributed by atoms with Gasteiger partial charge in [-0.15, -0.1) is 0 Å². The Bertz CT molecular complexity index is 852. The van der Waals surface area contributed by atoms with Crippen molar-refractivity contribution in [3.63, 3.8) is 0 Å². The lowest BCUT2D eigenvalue weighted by Gasteiger charge is -2.30. The predicted octanol–water partition coefficient (Wildman–Crippen LogP) is 3.29. The summed E-state index contributed by atoms with van der Waals surface area (Å²) < 4.78 is 5.76. The third-order valence-corrected chi connectivity index (χ3v) is 5.76. The summed E-state index contributed by atoms with van der Waals surface area (Å²) in [5.41, 5.74) is 1.61. The quantitative estimate of drug-likeness (QED) is 0.781. The van der Waals surface area contributed by atoms with Gasteiger partial charge in [0.1, 0.15) is 6.04 Å². The summed E-state index contributed by atoms with van der Waals surface area (Å²) in [5, 5.41) is 2.94. The van der Waals surface area contributed by atoms with Gasteiger partial charge in [-0.05, 0) is 50.5 Å². The molecule has 0 bridgehead atoms. The first-order chi connectivity index (χ1) is 14.1. The number of nitrogens with zero attached hydrogens (tertiary/aromatic N) is 2. The number of aromatic nitrogens is 1. The molecule has 0 radical (unpaired) electrons. The Kier molecular flexibility index (Phi) is 5.97. The summed E-state index contributed by atoms with van der Waals surface area (Å²) in [6.45, 7) is 3.30. The fourth-order valence-electron chi connectivity index (χ4n) is 3.93. The standard InChI is InChI=1S/C23H29N3O3/c1-16-21(29-20(24-16)15-18-10-11-18)22(27)25-19(14-17-8-4-2-5-9-17)23(28)26-12-6-3-7-13-26/h2,4-5,8-9,18-19H,3,6-7,10-15H2,1H3,(H,25,27)/t19-/m0/s1. The van der Waals surface area contributed by atoms with Crippen LogP contribution in [-0.2, 0) is 17.6 Å². The highest BCUT2D eigenvalue weighted by Crippen LogP contribution is 2.32. The van der Waals surface area contributed by atoms with Gasteiger partial charge in [-0.2, -0.15) is 0 Å². The molecule has 1 saturated carbocycles. The van der Waals surface area contributed by atoms with E-state index in [1.54, 1.807) is 6.92 Å². The van der Waals surface area contributed by atoms with Crippen molar-refractivity contribution in [2.45, 2.75) is 57.9 Å². The van der Waals surface area contributed by atoms with Crippen LogP contribution in [0.25, 0.3) is 0 Å². The molecule has 1 N–H and O–H groups in total. The van der Waals surface area contributed by atoms with Crippen LogP contribution in [0.3, 0.4) is 0 Å². The van der Waals surface area contributed by atoms with E-state index in [0.717, 1.165) is 44.3 Å². The maximum atomic E-state index is 13.2. The number of likely N-dealkylation sites (tertiary alicyclic amines) is 1. The number of rotatable bonds is 7. The average molecular weight is 396 g/mol. The van der Waals surface area contributed by atoms with E-state index in [-0.39, 0.29) is 17.6 Å². The fraction of sp³-hybridized carbons (Fsp3) is 0.522. The molecule has 6 nitrogen and oxygen atoms in total. The molecule has 1 saturated heterocycles. The topological polar surface area (TPSA) is 75.4 Å². The molecular weight excluding hydrogens is 366 g/mol. The molecule has 1 aromatic carbocycles. The van der Waals surface area contributed by atoms with Crippen molar-refractivity contribution < 1.29 is 14.0 Å². The zero-order valence-electron chi connectivity index (χ0n) is 17.0. The van der Waals surface area contributed by atoms with Gasteiger partial charge in [-0.25, -0.2) is 4.98 Å². The molecule has 1 atom stereocenters. The van der Waals surface area contributed by atoms with Crippen molar-refractivity contribution in [1.82, 2.24) is 15.2 Å². The number of carbonyl (C=O) groups excluding carboxylic acids is 2. The lowest BCUT2D eigenvalue weighted by Crippen LogP contribution is -2.51. The molecule has 4 rings (SSSR count). The zero-order valence-corrected chi connectivity index (χ0v) is 17.0. The molecule has 1 aliphatic heterocycles. The molecule has 2 aliphatic rings. The fourth-order valence-corrected chi connectivity index (χ4v) is 3.93. The molecule has 2 amide bonds. The van der Waals surface area contributed by atoms with Crippen LogP contribution < -0.4 is 5.32 Å². The lowest BCUT2D eigenvalue weighted by molar-refractivity contribution is -0.134. The van der Waals surface area contributed by atoms with Crippen LogP contribution in [0, 0.1) is 12.8 Å². The van der Waals surface area contributed by atoms with Gasteiger partial charge in [0.15, 0.2) is 5.89 Å². The summed E-state index contributed by atoms with van der Waals surface area (Å²) in [4.78, 5) is 32.4. The van der Waals surface area contributed by atoms with Gasteiger partial charge in [0, 0.05) is 25.9 Å². The monoisotopic (exact) mass is 395 g/mol. The van der Waals surface area contributed by atoms with E-state index in [2.05, 4.69) is 10.3 Å². The minimum absolute atomic E-state index is 0.0164. The second-order valence-electron chi connectivity index (χ2n) is 8.27. The van der Waals surface area contributed by atoms with E-state index < -0.39 is 6.04 Å². The van der Waals surface area contributed by atoms with Gasteiger partial charge in [-0.3, -0.25) is 9.59 Å². The van der Waals surface area contributed by atoms with Crippen LogP contribution in [0.4, 0.5) is 0 Å². The number of carbonyl (C=O) groups is 2. The van der Waals surface area contributed by atoms with Crippen LogP contribution in [0.1, 0.15) is 59.8 Å². The highest BCUT2D eigenvalue weighted by atomic mass is 16.4. The molecule has 154 valence electrons. The number of aryl methyl sites for hydroxylation is 1. The van der Waals surface area contributed by atoms with E-state index in [1.807, 2.05) is 35.2 Å². The number of benzene rings is 1. The van der Waals surface area contributed by atoms with Crippen molar-refractivity contribution in [1.29, 1.82) is 0 Å². The van der Waals surface area contributed by atoms with Gasteiger partial charge in [0.2, 0.25) is 11.7 Å². The Hall–Kier alpha value is -2.63. The lowest BCUT2D eigenvalue weighted by atomic mass is 10.0. The summed E-state index contributed by atoms with van der Waals surface area (Å²) in [7, 11) is 0. The molecule has 6 heteroatoms. The Balaban J connectivity index is 1.49. The Morgan fingerprint density at radius 1 is 1.17 bits per heavy atom. The Labute approximate surface area is 171 Å². The molecule has 1 aliphatic carbocycles. The van der Waals surface area contributed by atoms with Gasteiger partial charge in [0.25, 0.3) is 5.91 Å². The van der Waals surface area contributed by atoms with E-state index in [1.165, 1.54) is 12.8 Å². The third-order valence-electron chi connectivity index (χ3n) is 5.76. The number of hydrogen-bond acceptors (Lipinski definition) is 4. The zero-order chi connectivity index (χ0) is 20.2. The molecule has 1 aromatic heterocycles. The predicted molar refractivity (Wildman–Crippen MR) is 109 cm³/mol. The minimum atomic E-state index is -0.612. The second kappa shape index (κ2) is 8.80. The molecule has 2 heterocycles. The van der Waals surface area contributed by atoms with Crippen molar-refractivity contribution >= 4 is 11.8 Å². The minimum Gasteiger partial charge on any atom is -0.435 e. The van der Waals surface area contributed by atoms with Crippen LogP contribution in [0.15, 0.2) is 34.7 Å². The average Bonchev–Trinajstić information content (AvgIpc) is 3.48. The number of nitrogens with one attached hydrogen (secondary N) is 1. The van der Waals surface area contributed by atoms with Crippen LogP contribution >= 0.6 is 0 Å². The Morgan fingerprint density at radius 3 is 2.59 bits per heavy atom. The van der Waals surface area contributed by atoms with Gasteiger partial charge >= 0.3 is 0 Å². The van der Waals surface area contributed by atoms with Gasteiger partial charge < -0.3 is 14.6 Å². The molecule has 29 heavy (non-hydrogen) atoms. The molecule has 2 aromatic rings. The van der Waals surface area contributed by atoms with Gasteiger partial charge in [-0.1, -0.05) is 30.3 Å². The maximum Gasteiger partial charge on any atom is 0.289 e. The van der Waals surface area contributed by atoms with Crippen molar-refractivity contribution in [2.75, 3.05) is 13.1 Å². The summed E-state index contributed by atoms with van der Waals surface area (Å²) in [5.74, 6) is 1.11. The summed E-state index contributed by atoms with van der Waals surface area (Å²) >= 11 is 0. The second-order valence-corrected chi connectivity index (χ2v) is 8.27. The smallest absolute Gasteiger partial charge is 0.289 e. The van der Waals surface area contributed by atoms with Crippen molar-refractivity contribution in [3.05, 3.63) is 53.2 Å². The van der Waals surface area contributed by atoms with E-state index >= 15 is 0 Å². The summed E-state index contributed by atoms with van der Waals surface area (Å²) in [6, 6.07) is 9.20. The highest BCUT2D eigenvalue weighted by molar-refractivity contribution is 5.96. The number of amides is 2. The highest BCUT2D eigenvalue weighted by Gasteiger charge is 2.30. The normalized spacial score (nSPS) is 17.8. The molecule has 0 spiro atoms. The third kappa shape index (κ3) is 5.05. The van der Waals surface area contributed by atoms with E-state index in [0.29, 0.717) is 23.9 Å². The number of oxazole rings is 1. The SMILES string of the molecule is Cc1nc(CC2CC2)oc1C(=O)N[C@@H](Cc1ccccc1)C(=O)N1CCCCC1. The van der Waals surface area contributed by atoms with E-state index in [4.69, 9.17) is 4.42 Å². The van der Waals surface area contributed by atoms with Crippen LogP contribution in [-0.4, -0.2) is 40.8 Å². The first-order valence-electron chi connectivity index (χ1n) is 10.7. The molecular formula is C23H29N3O3. The van der Waals surface area contributed by atoms with Crippen LogP contribution in [0.2, 0.25) is 0 Å². The number of piperidine rings is 1. The van der Waals surface area contributed by atoms with Gasteiger partial charge in [0.05, 0.1) is 5.69 Å². The maximum absolute atomic E-state index is 13.2. The first kappa shape index (κ1) is 19.7. The van der Waals surface area contributed by atoms with Crippen LogP contribution in [0.5, 0.6) is 0 Å². The molecule has 0 unspecified atom stereocenters.